The fourth-order valence-electron chi connectivity index (χ4n) is 4.15. The molecule has 9 heteroatoms. The van der Waals surface area contributed by atoms with Gasteiger partial charge in [0.15, 0.2) is 0 Å². The molecular formula is C22H29F3N2O4. The number of rotatable bonds is 1. The lowest BCUT2D eigenvalue weighted by atomic mass is 9.92. The maximum absolute atomic E-state index is 13.0. The molecule has 3 atom stereocenters. The van der Waals surface area contributed by atoms with Crippen LogP contribution in [0.4, 0.5) is 22.8 Å². The molecule has 1 aromatic rings. The van der Waals surface area contributed by atoms with Gasteiger partial charge in [0.1, 0.15) is 11.2 Å². The predicted octanol–water partition coefficient (Wildman–Crippen LogP) is 5.72. The number of nitrogens with zero attached hydrogens (tertiary/aromatic N) is 2. The number of hydrazine groups is 1. The van der Waals surface area contributed by atoms with Crippen LogP contribution in [-0.2, 0) is 15.7 Å². The van der Waals surface area contributed by atoms with Crippen LogP contribution in [0.15, 0.2) is 24.3 Å². The van der Waals surface area contributed by atoms with Gasteiger partial charge >= 0.3 is 18.4 Å². The topological polar surface area (TPSA) is 59.1 Å². The zero-order chi connectivity index (χ0) is 23.4. The van der Waals surface area contributed by atoms with E-state index in [9.17, 15) is 22.8 Å². The molecule has 1 saturated heterocycles. The van der Waals surface area contributed by atoms with Crippen molar-refractivity contribution in [3.05, 3.63) is 35.4 Å². The normalized spacial score (nSPS) is 23.8. The summed E-state index contributed by atoms with van der Waals surface area (Å²) < 4.78 is 49.8. The highest BCUT2D eigenvalue weighted by Gasteiger charge is 2.56. The van der Waals surface area contributed by atoms with E-state index < -0.39 is 41.2 Å². The molecule has 1 aliphatic carbocycles. The molecule has 2 bridgehead atoms. The van der Waals surface area contributed by atoms with Crippen LogP contribution >= 0.6 is 0 Å². The smallest absolute Gasteiger partial charge is 0.429 e. The lowest BCUT2D eigenvalue weighted by Gasteiger charge is -2.42. The summed E-state index contributed by atoms with van der Waals surface area (Å²) in [7, 11) is 0. The SMILES string of the molecule is CC(C)(C)OC(=O)N1[C@H]2C[C@H](c3ccc(C(F)(F)F)cc3)[C@H](C2)N1C(=O)OC(C)(C)C. The van der Waals surface area contributed by atoms with Gasteiger partial charge in [0.2, 0.25) is 0 Å². The maximum Gasteiger partial charge on any atom is 0.429 e. The van der Waals surface area contributed by atoms with Gasteiger partial charge in [-0.15, -0.1) is 0 Å². The van der Waals surface area contributed by atoms with E-state index in [1.165, 1.54) is 22.2 Å². The molecule has 0 aromatic heterocycles. The Labute approximate surface area is 180 Å². The Kier molecular flexibility index (Phi) is 5.69. The summed E-state index contributed by atoms with van der Waals surface area (Å²) in [6.45, 7) is 10.4. The van der Waals surface area contributed by atoms with Crippen LogP contribution in [0.2, 0.25) is 0 Å². The molecule has 172 valence electrons. The molecular weight excluding hydrogens is 413 g/mol. The van der Waals surface area contributed by atoms with Crippen LogP contribution in [-0.4, -0.2) is 45.5 Å². The van der Waals surface area contributed by atoms with Gasteiger partial charge in [-0.25, -0.2) is 19.6 Å². The van der Waals surface area contributed by atoms with Gasteiger partial charge in [-0.05, 0) is 72.1 Å². The number of fused-ring (bicyclic) bond motifs is 2. The van der Waals surface area contributed by atoms with Crippen LogP contribution in [0.1, 0.15) is 71.4 Å². The standard InChI is InChI=1S/C22H29F3N2O4/c1-20(2,3)30-18(28)26-15-11-16(13-7-9-14(10-8-13)22(23,24)25)17(12-15)27(26)19(29)31-21(4,5)6/h7-10,15-17H,11-12H2,1-6H3/t15-,16+,17-/m0/s1. The van der Waals surface area contributed by atoms with E-state index in [0.29, 0.717) is 18.4 Å². The number of amides is 2. The van der Waals surface area contributed by atoms with Crippen molar-refractivity contribution in [2.24, 2.45) is 0 Å². The molecule has 1 aromatic carbocycles. The average molecular weight is 442 g/mol. The summed E-state index contributed by atoms with van der Waals surface area (Å²) in [6, 6.07) is 4.26. The quantitative estimate of drug-likeness (QED) is 0.558. The fourth-order valence-corrected chi connectivity index (χ4v) is 4.15. The molecule has 31 heavy (non-hydrogen) atoms. The number of carbonyl (C=O) groups excluding carboxylic acids is 2. The molecule has 3 rings (SSSR count). The van der Waals surface area contributed by atoms with Gasteiger partial charge < -0.3 is 9.47 Å². The Morgan fingerprint density at radius 1 is 0.839 bits per heavy atom. The number of halogens is 3. The second kappa shape index (κ2) is 7.60. The Balaban J connectivity index is 1.89. The van der Waals surface area contributed by atoms with Gasteiger partial charge in [-0.3, -0.25) is 0 Å². The van der Waals surface area contributed by atoms with Crippen molar-refractivity contribution in [2.45, 2.75) is 89.8 Å². The Morgan fingerprint density at radius 2 is 1.32 bits per heavy atom. The summed E-state index contributed by atoms with van der Waals surface area (Å²) in [5, 5.41) is 2.60. The third-order valence-electron chi connectivity index (χ3n) is 5.22. The van der Waals surface area contributed by atoms with Gasteiger partial charge in [-0.2, -0.15) is 13.2 Å². The number of alkyl halides is 3. The molecule has 0 radical (unpaired) electrons. The maximum atomic E-state index is 13.0. The molecule has 0 spiro atoms. The Bertz CT molecular complexity index is 840. The molecule has 1 saturated carbocycles. The van der Waals surface area contributed by atoms with Crippen molar-refractivity contribution >= 4 is 12.2 Å². The summed E-state index contributed by atoms with van der Waals surface area (Å²) in [5.41, 5.74) is -1.55. The predicted molar refractivity (Wildman–Crippen MR) is 107 cm³/mol. The lowest BCUT2D eigenvalue weighted by molar-refractivity contribution is -0.137. The zero-order valence-corrected chi connectivity index (χ0v) is 18.6. The van der Waals surface area contributed by atoms with Gasteiger partial charge in [0, 0.05) is 5.92 Å². The average Bonchev–Trinajstić information content (AvgIpc) is 3.16. The van der Waals surface area contributed by atoms with E-state index in [-0.39, 0.29) is 12.0 Å². The molecule has 0 N–H and O–H groups in total. The van der Waals surface area contributed by atoms with E-state index in [2.05, 4.69) is 0 Å². The molecule has 1 heterocycles. The van der Waals surface area contributed by atoms with Crippen molar-refractivity contribution in [1.82, 2.24) is 10.0 Å². The number of carbonyl (C=O) groups is 2. The number of benzene rings is 1. The molecule has 1 aliphatic heterocycles. The van der Waals surface area contributed by atoms with Crippen molar-refractivity contribution in [3.8, 4) is 0 Å². The summed E-state index contributed by atoms with van der Waals surface area (Å²) in [6.07, 6.45) is -4.71. The molecule has 6 nitrogen and oxygen atoms in total. The second-order valence-corrected chi connectivity index (χ2v) is 10.1. The summed E-state index contributed by atoms with van der Waals surface area (Å²) in [4.78, 5) is 25.9. The van der Waals surface area contributed by atoms with Crippen molar-refractivity contribution < 1.29 is 32.2 Å². The van der Waals surface area contributed by atoms with Crippen LogP contribution in [0.5, 0.6) is 0 Å². The second-order valence-electron chi connectivity index (χ2n) is 10.1. The fraction of sp³-hybridized carbons (Fsp3) is 0.636. The molecule has 2 amide bonds. The molecule has 2 fully saturated rings. The van der Waals surface area contributed by atoms with Crippen molar-refractivity contribution in [2.75, 3.05) is 0 Å². The first-order valence-corrected chi connectivity index (χ1v) is 10.3. The first kappa shape index (κ1) is 23.2. The zero-order valence-electron chi connectivity index (χ0n) is 18.6. The third kappa shape index (κ3) is 5.07. The molecule has 0 unspecified atom stereocenters. The first-order valence-electron chi connectivity index (χ1n) is 10.3. The van der Waals surface area contributed by atoms with E-state index in [4.69, 9.17) is 9.47 Å². The highest BCUT2D eigenvalue weighted by atomic mass is 19.4. The van der Waals surface area contributed by atoms with E-state index in [1.54, 1.807) is 41.5 Å². The Hall–Kier alpha value is -2.45. The number of hydrogen-bond donors (Lipinski definition) is 0. The Morgan fingerprint density at radius 3 is 1.77 bits per heavy atom. The first-order chi connectivity index (χ1) is 14.1. The highest BCUT2D eigenvalue weighted by molar-refractivity contribution is 5.76. The molecule has 2 aliphatic rings. The third-order valence-corrected chi connectivity index (χ3v) is 5.22. The number of ether oxygens (including phenoxy) is 2. The monoisotopic (exact) mass is 442 g/mol. The van der Waals surface area contributed by atoms with E-state index >= 15 is 0 Å². The van der Waals surface area contributed by atoms with Crippen LogP contribution in [0, 0.1) is 0 Å². The van der Waals surface area contributed by atoms with E-state index in [0.717, 1.165) is 12.1 Å². The van der Waals surface area contributed by atoms with Crippen LogP contribution in [0.25, 0.3) is 0 Å². The van der Waals surface area contributed by atoms with Gasteiger partial charge in [0.25, 0.3) is 0 Å². The van der Waals surface area contributed by atoms with Crippen molar-refractivity contribution in [1.29, 1.82) is 0 Å². The minimum absolute atomic E-state index is 0.210. The minimum atomic E-state index is -4.41. The van der Waals surface area contributed by atoms with Crippen LogP contribution in [0.3, 0.4) is 0 Å². The lowest BCUT2D eigenvalue weighted by Crippen LogP contribution is -2.57. The van der Waals surface area contributed by atoms with Gasteiger partial charge in [-0.1, -0.05) is 12.1 Å². The minimum Gasteiger partial charge on any atom is -0.442 e. The largest absolute Gasteiger partial charge is 0.442 e. The van der Waals surface area contributed by atoms with Crippen molar-refractivity contribution in [3.63, 3.8) is 0 Å². The van der Waals surface area contributed by atoms with E-state index in [1.807, 2.05) is 0 Å². The highest BCUT2D eigenvalue weighted by Crippen LogP contribution is 2.48. The summed E-state index contributed by atoms with van der Waals surface area (Å²) >= 11 is 0. The van der Waals surface area contributed by atoms with Crippen LogP contribution < -0.4 is 0 Å². The summed E-state index contributed by atoms with van der Waals surface area (Å²) in [5.74, 6) is -0.210. The number of hydrogen-bond acceptors (Lipinski definition) is 4. The van der Waals surface area contributed by atoms with Gasteiger partial charge in [0.05, 0.1) is 17.6 Å².